The normalized spacial score (nSPS) is 32.0. The van der Waals surface area contributed by atoms with Gasteiger partial charge < -0.3 is 26.2 Å². The molecule has 3 fully saturated rings. The van der Waals surface area contributed by atoms with Gasteiger partial charge in [-0.15, -0.1) is 0 Å². The highest BCUT2D eigenvalue weighted by Crippen LogP contribution is 2.37. The van der Waals surface area contributed by atoms with Gasteiger partial charge in [-0.25, -0.2) is 0 Å². The molecule has 0 aromatic rings. The maximum absolute atomic E-state index is 13.5. The highest BCUT2D eigenvalue weighted by molar-refractivity contribution is 7.86. The zero-order valence-corrected chi connectivity index (χ0v) is 16.9. The van der Waals surface area contributed by atoms with E-state index >= 15 is 0 Å². The number of nitrogens with zero attached hydrogens (tertiary/aromatic N) is 2. The smallest absolute Gasteiger partial charge is 0.451 e. The number of aliphatic carboxylic acids is 1. The van der Waals surface area contributed by atoms with Crippen LogP contribution in [0.1, 0.15) is 38.5 Å². The van der Waals surface area contributed by atoms with Crippen molar-refractivity contribution in [3.63, 3.8) is 0 Å². The molecule has 1 aliphatic carbocycles. The van der Waals surface area contributed by atoms with E-state index in [0.717, 1.165) is 32.2 Å². The summed E-state index contributed by atoms with van der Waals surface area (Å²) in [6, 6.07) is -0.147. The predicted molar refractivity (Wildman–Crippen MR) is 104 cm³/mol. The van der Waals surface area contributed by atoms with Gasteiger partial charge in [0.2, 0.25) is 0 Å². The molecular weight excluding hydrogens is 387 g/mol. The first-order chi connectivity index (χ1) is 13.2. The number of hydrogen-bond donors (Lipinski definition) is 5. The maximum Gasteiger partial charge on any atom is 0.451 e. The van der Waals surface area contributed by atoms with E-state index in [-0.39, 0.29) is 31.5 Å². The molecule has 3 atom stereocenters. The number of nitrogens with two attached hydrogens (primary N) is 1. The lowest BCUT2D eigenvalue weighted by Gasteiger charge is -2.41. The summed E-state index contributed by atoms with van der Waals surface area (Å²) in [4.78, 5) is 11.9. The highest BCUT2D eigenvalue weighted by atomic mass is 32.2. The molecule has 2 heterocycles. The van der Waals surface area contributed by atoms with E-state index in [2.05, 4.69) is 5.32 Å². The van der Waals surface area contributed by atoms with E-state index in [9.17, 15) is 18.3 Å². The molecule has 28 heavy (non-hydrogen) atoms. The van der Waals surface area contributed by atoms with Crippen molar-refractivity contribution in [2.45, 2.75) is 62.5 Å². The fraction of sp³-hybridized carbons (Fsp3) is 0.938. The Morgan fingerprint density at radius 2 is 2.00 bits per heavy atom. The summed E-state index contributed by atoms with van der Waals surface area (Å²) in [5.74, 6) is -1.80. The summed E-state index contributed by atoms with van der Waals surface area (Å²) in [5, 5.41) is 30.9. The van der Waals surface area contributed by atoms with E-state index < -0.39 is 34.8 Å². The van der Waals surface area contributed by atoms with Gasteiger partial charge in [-0.2, -0.15) is 17.0 Å². The first-order valence-corrected chi connectivity index (χ1v) is 11.4. The molecule has 6 N–H and O–H groups in total. The van der Waals surface area contributed by atoms with E-state index in [1.165, 1.54) is 4.31 Å². The van der Waals surface area contributed by atoms with Gasteiger partial charge in [-0.05, 0) is 38.5 Å². The molecular formula is C16H31BN4O6S. The van der Waals surface area contributed by atoms with Crippen LogP contribution in [0.5, 0.6) is 0 Å². The quantitative estimate of drug-likeness (QED) is 0.281. The zero-order chi connectivity index (χ0) is 20.5. The van der Waals surface area contributed by atoms with Crippen LogP contribution in [0.2, 0.25) is 6.32 Å². The Labute approximate surface area is 166 Å². The molecule has 3 aliphatic rings. The molecule has 0 aromatic carbocycles. The van der Waals surface area contributed by atoms with Crippen molar-refractivity contribution in [3.05, 3.63) is 0 Å². The van der Waals surface area contributed by atoms with Crippen molar-refractivity contribution < 1.29 is 28.4 Å². The second kappa shape index (κ2) is 8.54. The van der Waals surface area contributed by atoms with Crippen LogP contribution in [-0.4, -0.2) is 89.1 Å². The topological polar surface area (TPSA) is 156 Å². The highest BCUT2D eigenvalue weighted by Gasteiger charge is 2.54. The number of nitrogens with one attached hydrogen (secondary N) is 1. The Hall–Kier alpha value is -0.755. The minimum atomic E-state index is -3.84. The summed E-state index contributed by atoms with van der Waals surface area (Å²) in [6.45, 7) is 1.15. The predicted octanol–water partition coefficient (Wildman–Crippen LogP) is -1.59. The lowest BCUT2D eigenvalue weighted by Crippen LogP contribution is -2.58. The Bertz CT molecular complexity index is 670. The van der Waals surface area contributed by atoms with Crippen LogP contribution in [0.15, 0.2) is 0 Å². The number of rotatable bonds is 9. The summed E-state index contributed by atoms with van der Waals surface area (Å²) in [7, 11) is -5.31. The van der Waals surface area contributed by atoms with Gasteiger partial charge in [0.25, 0.3) is 10.2 Å². The molecule has 0 aromatic heterocycles. The van der Waals surface area contributed by atoms with Gasteiger partial charge in [0.05, 0.1) is 0 Å². The molecule has 10 nitrogen and oxygen atoms in total. The van der Waals surface area contributed by atoms with Crippen LogP contribution in [0.4, 0.5) is 0 Å². The molecule has 2 aliphatic heterocycles. The summed E-state index contributed by atoms with van der Waals surface area (Å²) in [5.41, 5.74) is 4.49. The number of hydrogen-bond acceptors (Lipinski definition) is 7. The molecule has 160 valence electrons. The summed E-state index contributed by atoms with van der Waals surface area (Å²) < 4.78 is 29.8. The average molecular weight is 418 g/mol. The second-order valence-corrected chi connectivity index (χ2v) is 10.1. The van der Waals surface area contributed by atoms with E-state index in [1.54, 1.807) is 4.31 Å². The summed E-state index contributed by atoms with van der Waals surface area (Å²) >= 11 is 0. The third-order valence-electron chi connectivity index (χ3n) is 6.43. The lowest BCUT2D eigenvalue weighted by atomic mass is 9.78. The van der Waals surface area contributed by atoms with Gasteiger partial charge in [0, 0.05) is 37.6 Å². The van der Waals surface area contributed by atoms with Gasteiger partial charge in [-0.3, -0.25) is 4.79 Å². The molecule has 0 amide bonds. The van der Waals surface area contributed by atoms with Crippen LogP contribution < -0.4 is 11.1 Å². The van der Waals surface area contributed by atoms with Crippen molar-refractivity contribution in [3.8, 4) is 0 Å². The van der Waals surface area contributed by atoms with E-state index in [0.29, 0.717) is 19.4 Å². The summed E-state index contributed by atoms with van der Waals surface area (Å²) in [6.07, 6.45) is 4.18. The molecule has 0 unspecified atom stereocenters. The largest absolute Gasteiger partial charge is 0.480 e. The first kappa shape index (κ1) is 21.9. The number of carboxylic acids is 1. The van der Waals surface area contributed by atoms with Crippen LogP contribution in [0, 0.1) is 5.92 Å². The third-order valence-corrected chi connectivity index (χ3v) is 8.48. The van der Waals surface area contributed by atoms with E-state index in [4.69, 9.17) is 15.8 Å². The molecule has 12 heteroatoms. The minimum absolute atomic E-state index is 0.0320. The maximum atomic E-state index is 13.5. The van der Waals surface area contributed by atoms with Gasteiger partial charge in [0.15, 0.2) is 0 Å². The van der Waals surface area contributed by atoms with Gasteiger partial charge in [0.1, 0.15) is 5.54 Å². The monoisotopic (exact) mass is 418 g/mol. The van der Waals surface area contributed by atoms with Gasteiger partial charge >= 0.3 is 13.1 Å². The Balaban J connectivity index is 1.79. The van der Waals surface area contributed by atoms with Crippen molar-refractivity contribution in [2.24, 2.45) is 11.7 Å². The van der Waals surface area contributed by atoms with Gasteiger partial charge in [-0.1, -0.05) is 12.8 Å². The Morgan fingerprint density at radius 1 is 1.29 bits per heavy atom. The molecule has 1 saturated carbocycles. The van der Waals surface area contributed by atoms with E-state index in [1.807, 2.05) is 0 Å². The molecule has 0 bridgehead atoms. The first-order valence-electron chi connectivity index (χ1n) is 10.0. The second-order valence-electron chi connectivity index (χ2n) is 8.32. The fourth-order valence-corrected chi connectivity index (χ4v) is 6.67. The van der Waals surface area contributed by atoms with Crippen molar-refractivity contribution in [2.75, 3.05) is 26.2 Å². The van der Waals surface area contributed by atoms with Crippen molar-refractivity contribution in [1.29, 1.82) is 0 Å². The molecule has 2 saturated heterocycles. The van der Waals surface area contributed by atoms with Crippen LogP contribution in [-0.2, 0) is 15.0 Å². The van der Waals surface area contributed by atoms with Crippen molar-refractivity contribution in [1.82, 2.24) is 13.9 Å². The molecule has 3 rings (SSSR count). The number of carboxylic acid groups (broad SMARTS) is 1. The van der Waals surface area contributed by atoms with Crippen LogP contribution in [0.3, 0.4) is 0 Å². The minimum Gasteiger partial charge on any atom is -0.480 e. The standard InChI is InChI=1S/C16H31BN4O6S/c18-16(15(22)23)11-20(10-12(16)3-2-7-17(24)25)28(26,27)21(13-4-1-5-13)14-6-8-19-9-14/h12-14,19,24-25H,1-11,18H2,(H,22,23)/t12-,14+,16-/m0/s1. The third kappa shape index (κ3) is 4.23. The number of carbonyl (C=O) groups is 1. The lowest BCUT2D eigenvalue weighted by molar-refractivity contribution is -0.144. The van der Waals surface area contributed by atoms with Crippen LogP contribution >= 0.6 is 0 Å². The van der Waals surface area contributed by atoms with Crippen LogP contribution in [0.25, 0.3) is 0 Å². The average Bonchev–Trinajstić information content (AvgIpc) is 3.19. The SMILES string of the molecule is N[C@@]1(C(=O)O)CN(S(=O)(=O)N(C2CCC2)[C@@H]2CCNC2)C[C@@H]1CCCB(O)O. The molecule has 0 radical (unpaired) electrons. The Kier molecular flexibility index (Phi) is 6.70. The zero-order valence-electron chi connectivity index (χ0n) is 16.0. The van der Waals surface area contributed by atoms with Crippen molar-refractivity contribution >= 4 is 23.3 Å². The Morgan fingerprint density at radius 3 is 2.50 bits per heavy atom. The fourth-order valence-electron chi connectivity index (χ4n) is 4.51. The molecule has 0 spiro atoms.